The smallest absolute Gasteiger partial charge is 0.388 e. The molecule has 0 unspecified atom stereocenters. The van der Waals surface area contributed by atoms with Crippen LogP contribution in [0.5, 0.6) is 5.88 Å². The first-order chi connectivity index (χ1) is 7.75. The third-order valence-corrected chi connectivity index (χ3v) is 2.65. The Bertz CT molecular complexity index is 323. The number of aromatic nitrogens is 1. The summed E-state index contributed by atoms with van der Waals surface area (Å²) >= 11 is 0. The van der Waals surface area contributed by atoms with Crippen molar-refractivity contribution < 1.29 is 13.5 Å². The molecule has 0 saturated carbocycles. The Morgan fingerprint density at radius 2 is 1.94 bits per heavy atom. The van der Waals surface area contributed by atoms with Gasteiger partial charge in [-0.05, 0) is 25.3 Å². The van der Waals surface area contributed by atoms with Gasteiger partial charge in [0.1, 0.15) is 0 Å². The third-order valence-electron chi connectivity index (χ3n) is 2.65. The van der Waals surface area contributed by atoms with Gasteiger partial charge in [0.2, 0.25) is 5.88 Å². The number of alkyl halides is 2. The van der Waals surface area contributed by atoms with Crippen LogP contribution in [0.25, 0.3) is 0 Å². The zero-order valence-electron chi connectivity index (χ0n) is 8.90. The number of hydrogen-bond donors (Lipinski definition) is 0. The number of pyridine rings is 1. The van der Waals surface area contributed by atoms with E-state index in [-0.39, 0.29) is 5.88 Å². The Morgan fingerprint density at radius 3 is 2.50 bits per heavy atom. The molecule has 1 fully saturated rings. The molecule has 0 spiro atoms. The second kappa shape index (κ2) is 5.09. The molecule has 3 nitrogen and oxygen atoms in total. The Hall–Kier alpha value is -1.39. The summed E-state index contributed by atoms with van der Waals surface area (Å²) in [6.07, 6.45) is 5.20. The lowest BCUT2D eigenvalue weighted by Gasteiger charge is -2.28. The second-order valence-electron chi connectivity index (χ2n) is 3.78. The first-order valence-corrected chi connectivity index (χ1v) is 5.41. The largest absolute Gasteiger partial charge is 0.417 e. The molecular weight excluding hydrogens is 214 g/mol. The number of halogens is 2. The van der Waals surface area contributed by atoms with E-state index in [9.17, 15) is 8.78 Å². The lowest BCUT2D eigenvalue weighted by atomic mass is 10.1. The van der Waals surface area contributed by atoms with Crippen LogP contribution in [0.15, 0.2) is 18.3 Å². The summed E-state index contributed by atoms with van der Waals surface area (Å²) in [5, 5.41) is 0. The van der Waals surface area contributed by atoms with E-state index >= 15 is 0 Å². The Morgan fingerprint density at radius 1 is 1.19 bits per heavy atom. The monoisotopic (exact) mass is 228 g/mol. The second-order valence-corrected chi connectivity index (χ2v) is 3.78. The van der Waals surface area contributed by atoms with Gasteiger partial charge in [0, 0.05) is 19.2 Å². The fourth-order valence-electron chi connectivity index (χ4n) is 1.87. The topological polar surface area (TPSA) is 25.4 Å². The highest BCUT2D eigenvalue weighted by Crippen LogP contribution is 2.21. The van der Waals surface area contributed by atoms with Crippen LogP contribution >= 0.6 is 0 Å². The molecular formula is C11H14F2N2O. The van der Waals surface area contributed by atoms with Crippen molar-refractivity contribution in [3.8, 4) is 5.88 Å². The quantitative estimate of drug-likeness (QED) is 0.795. The van der Waals surface area contributed by atoms with E-state index in [1.807, 2.05) is 0 Å². The van der Waals surface area contributed by atoms with E-state index in [1.54, 1.807) is 12.3 Å². The molecule has 0 aliphatic carbocycles. The van der Waals surface area contributed by atoms with Crippen LogP contribution < -0.4 is 9.64 Å². The summed E-state index contributed by atoms with van der Waals surface area (Å²) in [4.78, 5) is 6.06. The van der Waals surface area contributed by atoms with Gasteiger partial charge in [0.05, 0.1) is 11.9 Å². The Kier molecular flexibility index (Phi) is 3.54. The van der Waals surface area contributed by atoms with Gasteiger partial charge in [-0.25, -0.2) is 4.98 Å². The van der Waals surface area contributed by atoms with E-state index < -0.39 is 6.61 Å². The van der Waals surface area contributed by atoms with Crippen LogP contribution in [0.2, 0.25) is 0 Å². The maximum Gasteiger partial charge on any atom is 0.388 e. The molecule has 1 aliphatic heterocycles. The summed E-state index contributed by atoms with van der Waals surface area (Å²) in [6, 6.07) is 3.26. The summed E-state index contributed by atoms with van der Waals surface area (Å²) < 4.78 is 28.0. The van der Waals surface area contributed by atoms with Crippen molar-refractivity contribution in [1.29, 1.82) is 0 Å². The highest BCUT2D eigenvalue weighted by Gasteiger charge is 2.12. The van der Waals surface area contributed by atoms with Crippen LogP contribution in [0.4, 0.5) is 14.5 Å². The SMILES string of the molecule is FC(F)Oc1ccc(N2CCCCC2)cn1. The lowest BCUT2D eigenvalue weighted by Crippen LogP contribution is -2.29. The first kappa shape index (κ1) is 11.1. The minimum atomic E-state index is -2.81. The summed E-state index contributed by atoms with van der Waals surface area (Å²) in [6.45, 7) is -0.790. The zero-order valence-corrected chi connectivity index (χ0v) is 8.90. The standard InChI is InChI=1S/C11H14F2N2O/c12-11(13)16-10-5-4-9(8-14-10)15-6-2-1-3-7-15/h4-5,8,11H,1-3,6-7H2. The van der Waals surface area contributed by atoms with Crippen molar-refractivity contribution in [1.82, 2.24) is 4.98 Å². The molecule has 0 amide bonds. The van der Waals surface area contributed by atoms with E-state index in [4.69, 9.17) is 0 Å². The number of hydrogen-bond acceptors (Lipinski definition) is 3. The normalized spacial score (nSPS) is 16.6. The van der Waals surface area contributed by atoms with Crippen molar-refractivity contribution >= 4 is 5.69 Å². The summed E-state index contributed by atoms with van der Waals surface area (Å²) in [7, 11) is 0. The molecule has 1 aromatic rings. The molecule has 5 heteroatoms. The fraction of sp³-hybridized carbons (Fsp3) is 0.545. The van der Waals surface area contributed by atoms with Gasteiger partial charge in [0.25, 0.3) is 0 Å². The molecule has 2 heterocycles. The van der Waals surface area contributed by atoms with Crippen LogP contribution in [0.1, 0.15) is 19.3 Å². The van der Waals surface area contributed by atoms with Crippen molar-refractivity contribution in [2.45, 2.75) is 25.9 Å². The molecule has 88 valence electrons. The van der Waals surface area contributed by atoms with E-state index in [0.29, 0.717) is 0 Å². The predicted molar refractivity (Wildman–Crippen MR) is 56.9 cm³/mol. The van der Waals surface area contributed by atoms with Crippen molar-refractivity contribution in [2.75, 3.05) is 18.0 Å². The predicted octanol–water partition coefficient (Wildman–Crippen LogP) is 2.67. The van der Waals surface area contributed by atoms with Crippen LogP contribution in [0, 0.1) is 0 Å². The third kappa shape index (κ3) is 2.81. The lowest BCUT2D eigenvalue weighted by molar-refractivity contribution is -0.0528. The highest BCUT2D eigenvalue weighted by atomic mass is 19.3. The number of anilines is 1. The molecule has 0 N–H and O–H groups in total. The fourth-order valence-corrected chi connectivity index (χ4v) is 1.87. The van der Waals surface area contributed by atoms with Crippen LogP contribution in [-0.2, 0) is 0 Å². The van der Waals surface area contributed by atoms with Gasteiger partial charge >= 0.3 is 6.61 Å². The maximum atomic E-state index is 11.9. The first-order valence-electron chi connectivity index (χ1n) is 5.41. The number of ether oxygens (including phenoxy) is 1. The van der Waals surface area contributed by atoms with Crippen molar-refractivity contribution in [3.05, 3.63) is 18.3 Å². The van der Waals surface area contributed by atoms with E-state index in [0.717, 1.165) is 18.8 Å². The molecule has 0 atom stereocenters. The average molecular weight is 228 g/mol. The minimum Gasteiger partial charge on any atom is -0.417 e. The van der Waals surface area contributed by atoms with Crippen LogP contribution in [-0.4, -0.2) is 24.7 Å². The Labute approximate surface area is 93.0 Å². The number of piperidine rings is 1. The van der Waals surface area contributed by atoms with Gasteiger partial charge in [-0.15, -0.1) is 0 Å². The molecule has 0 aromatic carbocycles. The zero-order chi connectivity index (χ0) is 11.4. The Balaban J connectivity index is 2.00. The summed E-state index contributed by atoms with van der Waals surface area (Å²) in [5.41, 5.74) is 0.973. The van der Waals surface area contributed by atoms with Crippen LogP contribution in [0.3, 0.4) is 0 Å². The van der Waals surface area contributed by atoms with Gasteiger partial charge in [-0.1, -0.05) is 0 Å². The number of rotatable bonds is 3. The maximum absolute atomic E-state index is 11.9. The summed E-state index contributed by atoms with van der Waals surface area (Å²) in [5.74, 6) is -0.0317. The minimum absolute atomic E-state index is 0.0317. The van der Waals surface area contributed by atoms with Gasteiger partial charge in [-0.2, -0.15) is 8.78 Å². The van der Waals surface area contributed by atoms with Crippen molar-refractivity contribution in [2.24, 2.45) is 0 Å². The molecule has 1 saturated heterocycles. The number of nitrogens with zero attached hydrogens (tertiary/aromatic N) is 2. The molecule has 0 radical (unpaired) electrons. The van der Waals surface area contributed by atoms with E-state index in [2.05, 4.69) is 14.6 Å². The molecule has 1 aromatic heterocycles. The van der Waals surface area contributed by atoms with Gasteiger partial charge < -0.3 is 9.64 Å². The van der Waals surface area contributed by atoms with Gasteiger partial charge in [-0.3, -0.25) is 0 Å². The molecule has 1 aliphatic rings. The van der Waals surface area contributed by atoms with E-state index in [1.165, 1.54) is 25.3 Å². The average Bonchev–Trinajstić information content (AvgIpc) is 2.30. The molecule has 0 bridgehead atoms. The van der Waals surface area contributed by atoms with Gasteiger partial charge in [0.15, 0.2) is 0 Å². The highest BCUT2D eigenvalue weighted by molar-refractivity contribution is 5.45. The van der Waals surface area contributed by atoms with Crippen molar-refractivity contribution in [3.63, 3.8) is 0 Å². The molecule has 2 rings (SSSR count). The molecule has 16 heavy (non-hydrogen) atoms.